The molecule has 1 saturated heterocycles. The second kappa shape index (κ2) is 7.65. The van der Waals surface area contributed by atoms with Gasteiger partial charge in [0.1, 0.15) is 0 Å². The van der Waals surface area contributed by atoms with E-state index in [4.69, 9.17) is 4.98 Å². The van der Waals surface area contributed by atoms with E-state index in [9.17, 15) is 4.79 Å². The van der Waals surface area contributed by atoms with E-state index in [1.54, 1.807) is 17.9 Å². The molecule has 4 heterocycles. The number of hydrogen-bond acceptors (Lipinski definition) is 6. The van der Waals surface area contributed by atoms with E-state index in [-0.39, 0.29) is 6.03 Å². The van der Waals surface area contributed by atoms with Gasteiger partial charge in [-0.1, -0.05) is 0 Å². The van der Waals surface area contributed by atoms with Crippen molar-refractivity contribution in [2.75, 3.05) is 19.6 Å². The fourth-order valence-electron chi connectivity index (χ4n) is 3.43. The highest BCUT2D eigenvalue weighted by molar-refractivity contribution is 5.75. The van der Waals surface area contributed by atoms with E-state index in [0.717, 1.165) is 48.5 Å². The summed E-state index contributed by atoms with van der Waals surface area (Å²) in [5.41, 5.74) is 1.85. The Hall–Kier alpha value is -3.10. The molecule has 2 amide bonds. The smallest absolute Gasteiger partial charge is 0.317 e. The summed E-state index contributed by atoms with van der Waals surface area (Å²) in [6.07, 6.45) is 4.20. The molecular formula is C18H22N8O. The van der Waals surface area contributed by atoms with Gasteiger partial charge < -0.3 is 10.2 Å². The normalized spacial score (nSPS) is 15.2. The van der Waals surface area contributed by atoms with Crippen molar-refractivity contribution in [1.29, 1.82) is 0 Å². The number of aryl methyl sites for hydroxylation is 1. The number of carbonyl (C=O) groups excluding carboxylic acids is 1. The molecule has 3 aromatic heterocycles. The predicted molar refractivity (Wildman–Crippen MR) is 99.0 cm³/mol. The van der Waals surface area contributed by atoms with Gasteiger partial charge in [0.25, 0.3) is 0 Å². The SMILES string of the molecule is Cn1nnnc1CCNC(=O)N1CCC(c2ccc3cccnc3n2)CC1. The van der Waals surface area contributed by atoms with Crippen molar-refractivity contribution in [3.8, 4) is 0 Å². The third kappa shape index (κ3) is 3.86. The third-order valence-corrected chi connectivity index (χ3v) is 5.02. The van der Waals surface area contributed by atoms with Crippen LogP contribution in [-0.2, 0) is 13.5 Å². The molecule has 0 radical (unpaired) electrons. The Kier molecular flexibility index (Phi) is 4.91. The molecule has 0 aliphatic carbocycles. The molecule has 1 fully saturated rings. The van der Waals surface area contributed by atoms with Crippen molar-refractivity contribution in [2.24, 2.45) is 7.05 Å². The molecule has 27 heavy (non-hydrogen) atoms. The van der Waals surface area contributed by atoms with Gasteiger partial charge in [0, 0.05) is 56.3 Å². The van der Waals surface area contributed by atoms with Crippen LogP contribution in [0.1, 0.15) is 30.3 Å². The summed E-state index contributed by atoms with van der Waals surface area (Å²) in [7, 11) is 1.79. The number of nitrogens with zero attached hydrogens (tertiary/aromatic N) is 7. The fraction of sp³-hybridized carbons (Fsp3) is 0.444. The summed E-state index contributed by atoms with van der Waals surface area (Å²) in [6.45, 7) is 1.97. The monoisotopic (exact) mass is 366 g/mol. The first-order valence-electron chi connectivity index (χ1n) is 9.16. The van der Waals surface area contributed by atoms with Gasteiger partial charge in [-0.3, -0.25) is 0 Å². The summed E-state index contributed by atoms with van der Waals surface area (Å²) in [4.78, 5) is 23.3. The Balaban J connectivity index is 1.28. The Morgan fingerprint density at radius 2 is 2.11 bits per heavy atom. The highest BCUT2D eigenvalue weighted by atomic mass is 16.2. The Morgan fingerprint density at radius 1 is 1.26 bits per heavy atom. The van der Waals surface area contributed by atoms with Crippen LogP contribution in [0.3, 0.4) is 0 Å². The van der Waals surface area contributed by atoms with Gasteiger partial charge in [-0.05, 0) is 47.5 Å². The molecule has 1 N–H and O–H groups in total. The Labute approximate surface area is 156 Å². The summed E-state index contributed by atoms with van der Waals surface area (Å²) < 4.78 is 1.61. The lowest BCUT2D eigenvalue weighted by Gasteiger charge is -2.31. The molecular weight excluding hydrogens is 344 g/mol. The zero-order valence-electron chi connectivity index (χ0n) is 15.2. The van der Waals surface area contributed by atoms with Crippen LogP contribution in [0.2, 0.25) is 0 Å². The van der Waals surface area contributed by atoms with E-state index >= 15 is 0 Å². The average molecular weight is 366 g/mol. The lowest BCUT2D eigenvalue weighted by Crippen LogP contribution is -2.44. The molecule has 1 aliphatic rings. The van der Waals surface area contributed by atoms with Crippen molar-refractivity contribution in [2.45, 2.75) is 25.2 Å². The maximum atomic E-state index is 12.4. The van der Waals surface area contributed by atoms with E-state index < -0.39 is 0 Å². The van der Waals surface area contributed by atoms with Crippen LogP contribution in [0.4, 0.5) is 4.79 Å². The molecule has 9 nitrogen and oxygen atoms in total. The standard InChI is InChI=1S/C18H22N8O/c1-25-16(22-23-24-25)6-10-20-18(27)26-11-7-13(8-12-26)15-5-4-14-3-2-9-19-17(14)21-15/h2-5,9,13H,6-8,10-12H2,1H3,(H,20,27). The summed E-state index contributed by atoms with van der Waals surface area (Å²) >= 11 is 0. The van der Waals surface area contributed by atoms with Crippen LogP contribution >= 0.6 is 0 Å². The fourth-order valence-corrected chi connectivity index (χ4v) is 3.43. The lowest BCUT2D eigenvalue weighted by molar-refractivity contribution is 0.181. The van der Waals surface area contributed by atoms with Gasteiger partial charge in [0.05, 0.1) is 0 Å². The van der Waals surface area contributed by atoms with E-state index in [2.05, 4.69) is 38.0 Å². The number of tetrazole rings is 1. The maximum Gasteiger partial charge on any atom is 0.317 e. The number of aromatic nitrogens is 6. The minimum atomic E-state index is -0.0308. The van der Waals surface area contributed by atoms with Crippen molar-refractivity contribution in [3.05, 3.63) is 42.0 Å². The number of likely N-dealkylation sites (tertiary alicyclic amines) is 1. The molecule has 0 aromatic carbocycles. The molecule has 1 aliphatic heterocycles. The highest BCUT2D eigenvalue weighted by Gasteiger charge is 2.24. The molecule has 9 heteroatoms. The number of nitrogens with one attached hydrogen (secondary N) is 1. The van der Waals surface area contributed by atoms with Gasteiger partial charge in [0.2, 0.25) is 0 Å². The third-order valence-electron chi connectivity index (χ3n) is 5.02. The van der Waals surface area contributed by atoms with Gasteiger partial charge in [0.15, 0.2) is 11.5 Å². The van der Waals surface area contributed by atoms with Crippen LogP contribution in [0.25, 0.3) is 11.0 Å². The van der Waals surface area contributed by atoms with Gasteiger partial charge >= 0.3 is 6.03 Å². The lowest BCUT2D eigenvalue weighted by atomic mass is 9.93. The maximum absolute atomic E-state index is 12.4. The number of amides is 2. The Bertz CT molecular complexity index is 932. The first-order chi connectivity index (χ1) is 13.2. The first kappa shape index (κ1) is 17.3. The number of rotatable bonds is 4. The second-order valence-corrected chi connectivity index (χ2v) is 6.75. The molecule has 0 spiro atoms. The molecule has 0 saturated carbocycles. The van der Waals surface area contributed by atoms with E-state index in [1.165, 1.54) is 0 Å². The van der Waals surface area contributed by atoms with Crippen molar-refractivity contribution in [1.82, 2.24) is 40.4 Å². The van der Waals surface area contributed by atoms with E-state index in [1.807, 2.05) is 17.0 Å². The van der Waals surface area contributed by atoms with Gasteiger partial charge in [-0.2, -0.15) is 0 Å². The zero-order chi connectivity index (χ0) is 18.6. The van der Waals surface area contributed by atoms with Crippen LogP contribution in [0.5, 0.6) is 0 Å². The molecule has 140 valence electrons. The summed E-state index contributed by atoms with van der Waals surface area (Å²) in [5.74, 6) is 1.12. The van der Waals surface area contributed by atoms with Crippen LogP contribution in [-0.4, -0.2) is 60.7 Å². The summed E-state index contributed by atoms with van der Waals surface area (Å²) in [5, 5.41) is 15.3. The van der Waals surface area contributed by atoms with E-state index in [0.29, 0.717) is 18.9 Å². The highest BCUT2D eigenvalue weighted by Crippen LogP contribution is 2.27. The average Bonchev–Trinajstić information content (AvgIpc) is 3.12. The van der Waals surface area contributed by atoms with Gasteiger partial charge in [-0.25, -0.2) is 19.4 Å². The Morgan fingerprint density at radius 3 is 2.89 bits per heavy atom. The van der Waals surface area contributed by atoms with Crippen LogP contribution in [0.15, 0.2) is 30.5 Å². The van der Waals surface area contributed by atoms with Crippen molar-refractivity contribution in [3.63, 3.8) is 0 Å². The zero-order valence-corrected chi connectivity index (χ0v) is 15.2. The predicted octanol–water partition coefficient (Wildman–Crippen LogP) is 1.28. The number of urea groups is 1. The summed E-state index contributed by atoms with van der Waals surface area (Å²) in [6, 6.07) is 8.06. The van der Waals surface area contributed by atoms with Gasteiger partial charge in [-0.15, -0.1) is 5.10 Å². The molecule has 0 atom stereocenters. The van der Waals surface area contributed by atoms with Crippen molar-refractivity contribution < 1.29 is 4.79 Å². The topological polar surface area (TPSA) is 102 Å². The largest absolute Gasteiger partial charge is 0.338 e. The number of carbonyl (C=O) groups is 1. The van der Waals surface area contributed by atoms with Crippen LogP contribution < -0.4 is 5.32 Å². The quantitative estimate of drug-likeness (QED) is 0.746. The van der Waals surface area contributed by atoms with Crippen LogP contribution in [0, 0.1) is 0 Å². The minimum absolute atomic E-state index is 0.0308. The second-order valence-electron chi connectivity index (χ2n) is 6.75. The minimum Gasteiger partial charge on any atom is -0.338 e. The number of piperidine rings is 1. The molecule has 3 aromatic rings. The number of hydrogen-bond donors (Lipinski definition) is 1. The number of pyridine rings is 2. The first-order valence-corrected chi connectivity index (χ1v) is 9.16. The molecule has 0 unspecified atom stereocenters. The molecule has 0 bridgehead atoms. The molecule has 4 rings (SSSR count). The number of fused-ring (bicyclic) bond motifs is 1. The van der Waals surface area contributed by atoms with Crippen molar-refractivity contribution >= 4 is 17.1 Å².